The van der Waals surface area contributed by atoms with Gasteiger partial charge in [-0.15, -0.1) is 0 Å². The Balaban J connectivity index is 1.68. The monoisotopic (exact) mass is 282 g/mol. The first kappa shape index (κ1) is 13.5. The van der Waals surface area contributed by atoms with Gasteiger partial charge in [-0.05, 0) is 38.5 Å². The van der Waals surface area contributed by atoms with Crippen molar-refractivity contribution in [2.45, 2.75) is 50.9 Å². The Labute approximate surface area is 116 Å². The van der Waals surface area contributed by atoms with Crippen molar-refractivity contribution >= 4 is 5.97 Å². The van der Waals surface area contributed by atoms with Crippen molar-refractivity contribution in [2.24, 2.45) is 5.92 Å². The van der Waals surface area contributed by atoms with Gasteiger partial charge in [-0.25, -0.2) is 4.79 Å². The summed E-state index contributed by atoms with van der Waals surface area (Å²) in [5.74, 6) is 0.426. The molecule has 0 aromatic carbocycles. The molecule has 2 fully saturated rings. The van der Waals surface area contributed by atoms with Crippen molar-refractivity contribution in [3.8, 4) is 0 Å². The number of carboxylic acid groups (broad SMARTS) is 1. The zero-order valence-electron chi connectivity index (χ0n) is 11.3. The van der Waals surface area contributed by atoms with Crippen LogP contribution >= 0.6 is 0 Å². The molecule has 1 aromatic rings. The van der Waals surface area contributed by atoms with E-state index in [0.717, 1.165) is 12.8 Å². The molecule has 1 saturated carbocycles. The fourth-order valence-corrected chi connectivity index (χ4v) is 2.49. The van der Waals surface area contributed by atoms with Gasteiger partial charge in [0.15, 0.2) is 6.10 Å². The van der Waals surface area contributed by atoms with E-state index in [1.807, 2.05) is 6.92 Å². The molecule has 1 saturated heterocycles. The molecular weight excluding hydrogens is 264 g/mol. The first-order valence-corrected chi connectivity index (χ1v) is 7.02. The summed E-state index contributed by atoms with van der Waals surface area (Å²) in [6.45, 7) is 2.54. The summed E-state index contributed by atoms with van der Waals surface area (Å²) in [7, 11) is 0. The van der Waals surface area contributed by atoms with Gasteiger partial charge in [-0.1, -0.05) is 5.16 Å². The lowest BCUT2D eigenvalue weighted by molar-refractivity contribution is -0.150. The lowest BCUT2D eigenvalue weighted by atomic mass is 10.2. The van der Waals surface area contributed by atoms with Gasteiger partial charge in [0.25, 0.3) is 5.89 Å². The molecule has 1 aliphatic carbocycles. The van der Waals surface area contributed by atoms with E-state index >= 15 is 0 Å². The second-order valence-corrected chi connectivity index (χ2v) is 5.23. The van der Waals surface area contributed by atoms with Crippen molar-refractivity contribution < 1.29 is 23.9 Å². The van der Waals surface area contributed by atoms with Crippen LogP contribution in [0.5, 0.6) is 0 Å². The Morgan fingerprint density at radius 2 is 2.25 bits per heavy atom. The summed E-state index contributed by atoms with van der Waals surface area (Å²) in [5, 5.41) is 12.9. The van der Waals surface area contributed by atoms with E-state index in [-0.39, 0.29) is 6.10 Å². The van der Waals surface area contributed by atoms with Crippen molar-refractivity contribution in [3.63, 3.8) is 0 Å². The van der Waals surface area contributed by atoms with Crippen LogP contribution in [0.2, 0.25) is 0 Å². The van der Waals surface area contributed by atoms with Gasteiger partial charge >= 0.3 is 5.97 Å². The molecule has 3 atom stereocenters. The third kappa shape index (κ3) is 2.69. The van der Waals surface area contributed by atoms with Crippen molar-refractivity contribution in [1.29, 1.82) is 0 Å². The molecule has 1 N–H and O–H groups in total. The van der Waals surface area contributed by atoms with Crippen LogP contribution in [0, 0.1) is 5.92 Å². The van der Waals surface area contributed by atoms with Crippen LogP contribution in [-0.2, 0) is 14.3 Å². The number of nitrogens with zero attached hydrogens (tertiary/aromatic N) is 2. The Morgan fingerprint density at radius 3 is 2.85 bits per heavy atom. The third-order valence-electron chi connectivity index (χ3n) is 3.68. The van der Waals surface area contributed by atoms with Gasteiger partial charge in [-0.3, -0.25) is 0 Å². The SMILES string of the molecule is CCOC(c1noc(C2CCC(C(=O)O)O2)n1)C1CC1. The number of carbonyl (C=O) groups is 1. The van der Waals surface area contributed by atoms with Crippen LogP contribution in [0.4, 0.5) is 0 Å². The number of carboxylic acids is 1. The first-order valence-electron chi connectivity index (χ1n) is 7.02. The Kier molecular flexibility index (Phi) is 3.71. The summed E-state index contributed by atoms with van der Waals surface area (Å²) in [6, 6.07) is 0. The van der Waals surface area contributed by atoms with Gasteiger partial charge in [-0.2, -0.15) is 4.98 Å². The maximum atomic E-state index is 10.9. The molecule has 1 aliphatic heterocycles. The fourth-order valence-electron chi connectivity index (χ4n) is 2.49. The maximum absolute atomic E-state index is 10.9. The molecule has 0 spiro atoms. The molecule has 3 rings (SSSR count). The second kappa shape index (κ2) is 5.49. The predicted octanol–water partition coefficient (Wildman–Crippen LogP) is 1.86. The average Bonchev–Trinajstić information content (AvgIpc) is 2.94. The number of ether oxygens (including phenoxy) is 2. The van der Waals surface area contributed by atoms with E-state index in [9.17, 15) is 4.79 Å². The minimum absolute atomic E-state index is 0.117. The van der Waals surface area contributed by atoms with Gasteiger partial charge in [0.05, 0.1) is 0 Å². The summed E-state index contributed by atoms with van der Waals surface area (Å²) in [5.41, 5.74) is 0. The average molecular weight is 282 g/mol. The van der Waals surface area contributed by atoms with Crippen LogP contribution in [0.25, 0.3) is 0 Å². The smallest absolute Gasteiger partial charge is 0.332 e. The van der Waals surface area contributed by atoms with Crippen LogP contribution in [0.15, 0.2) is 4.52 Å². The minimum atomic E-state index is -0.947. The first-order chi connectivity index (χ1) is 9.69. The van der Waals surface area contributed by atoms with Gasteiger partial charge in [0, 0.05) is 6.61 Å². The lowest BCUT2D eigenvalue weighted by Crippen LogP contribution is -2.18. The number of hydrogen-bond acceptors (Lipinski definition) is 6. The van der Waals surface area contributed by atoms with E-state index in [4.69, 9.17) is 19.1 Å². The molecule has 110 valence electrons. The van der Waals surface area contributed by atoms with E-state index in [1.54, 1.807) is 0 Å². The molecule has 0 amide bonds. The Hall–Kier alpha value is -1.47. The molecule has 20 heavy (non-hydrogen) atoms. The summed E-state index contributed by atoms with van der Waals surface area (Å²) >= 11 is 0. The summed E-state index contributed by atoms with van der Waals surface area (Å²) in [4.78, 5) is 15.2. The van der Waals surface area contributed by atoms with Crippen molar-refractivity contribution in [3.05, 3.63) is 11.7 Å². The van der Waals surface area contributed by atoms with Gasteiger partial charge < -0.3 is 19.1 Å². The molecule has 0 radical (unpaired) electrons. The topological polar surface area (TPSA) is 94.7 Å². The fraction of sp³-hybridized carbons (Fsp3) is 0.769. The van der Waals surface area contributed by atoms with E-state index in [2.05, 4.69) is 10.1 Å². The summed E-state index contributed by atoms with van der Waals surface area (Å²) in [6.07, 6.45) is 1.98. The lowest BCUT2D eigenvalue weighted by Gasteiger charge is -2.11. The molecule has 2 aliphatic rings. The highest BCUT2D eigenvalue weighted by atomic mass is 16.6. The van der Waals surface area contributed by atoms with Crippen molar-refractivity contribution in [1.82, 2.24) is 10.1 Å². The molecule has 7 nitrogen and oxygen atoms in total. The molecule has 7 heteroatoms. The van der Waals surface area contributed by atoms with Gasteiger partial charge in [0.2, 0.25) is 5.82 Å². The molecule has 0 bridgehead atoms. The van der Waals surface area contributed by atoms with E-state index in [1.165, 1.54) is 0 Å². The van der Waals surface area contributed by atoms with E-state index in [0.29, 0.717) is 37.1 Å². The van der Waals surface area contributed by atoms with Gasteiger partial charge in [0.1, 0.15) is 12.2 Å². The Morgan fingerprint density at radius 1 is 1.45 bits per heavy atom. The quantitative estimate of drug-likeness (QED) is 0.850. The highest BCUT2D eigenvalue weighted by molar-refractivity contribution is 5.72. The van der Waals surface area contributed by atoms with Crippen LogP contribution < -0.4 is 0 Å². The maximum Gasteiger partial charge on any atom is 0.332 e. The minimum Gasteiger partial charge on any atom is -0.479 e. The number of aliphatic carboxylic acids is 1. The van der Waals surface area contributed by atoms with Crippen molar-refractivity contribution in [2.75, 3.05) is 6.61 Å². The Bertz CT molecular complexity index is 485. The van der Waals surface area contributed by atoms with Crippen LogP contribution in [0.1, 0.15) is 56.5 Å². The largest absolute Gasteiger partial charge is 0.479 e. The highest BCUT2D eigenvalue weighted by Gasteiger charge is 2.38. The van der Waals surface area contributed by atoms with Crippen LogP contribution in [0.3, 0.4) is 0 Å². The van der Waals surface area contributed by atoms with E-state index < -0.39 is 18.2 Å². The molecule has 2 heterocycles. The standard InChI is InChI=1S/C13H18N2O5/c1-2-18-10(7-3-4-7)11-14-12(20-15-11)8-5-6-9(19-8)13(16)17/h7-10H,2-6H2,1H3,(H,16,17). The molecule has 3 unspecified atom stereocenters. The predicted molar refractivity (Wildman–Crippen MR) is 65.9 cm³/mol. The molecular formula is C13H18N2O5. The van der Waals surface area contributed by atoms with Crippen LogP contribution in [-0.4, -0.2) is 33.9 Å². The third-order valence-corrected chi connectivity index (χ3v) is 3.68. The summed E-state index contributed by atoms with van der Waals surface area (Å²) < 4.78 is 16.3. The zero-order chi connectivity index (χ0) is 14.1. The number of aromatic nitrogens is 2. The number of rotatable bonds is 6. The number of hydrogen-bond donors (Lipinski definition) is 1. The molecule has 1 aromatic heterocycles. The zero-order valence-corrected chi connectivity index (χ0v) is 11.3. The normalized spacial score (nSPS) is 27.6. The highest BCUT2D eigenvalue weighted by Crippen LogP contribution is 2.43. The second-order valence-electron chi connectivity index (χ2n) is 5.23.